The van der Waals surface area contributed by atoms with E-state index in [1.807, 2.05) is 0 Å². The van der Waals surface area contributed by atoms with Crippen molar-refractivity contribution in [3.05, 3.63) is 0 Å². The molecule has 0 radical (unpaired) electrons. The predicted octanol–water partition coefficient (Wildman–Crippen LogP) is -2.83. The summed E-state index contributed by atoms with van der Waals surface area (Å²) >= 11 is 0. The molecule has 0 aromatic heterocycles. The van der Waals surface area contributed by atoms with E-state index < -0.39 is 7.82 Å². The number of hydrogen-bond donors (Lipinski definition) is 0. The molecule has 0 aliphatic rings. The number of hydrogen-bond acceptors (Lipinski definition) is 4. The van der Waals surface area contributed by atoms with Crippen molar-refractivity contribution in [3.63, 3.8) is 0 Å². The maximum atomic E-state index is 8.55. The first kappa shape index (κ1) is 15.7. The van der Waals surface area contributed by atoms with Gasteiger partial charge in [-0.05, 0) is 0 Å². The van der Waals surface area contributed by atoms with Crippen molar-refractivity contribution in [3.8, 4) is 0 Å². The van der Waals surface area contributed by atoms with Crippen LogP contribution in [-0.4, -0.2) is 0 Å². The van der Waals surface area contributed by atoms with Gasteiger partial charge in [-0.2, -0.15) is 7.82 Å². The van der Waals surface area contributed by atoms with Crippen LogP contribution in [0.3, 0.4) is 0 Å². The van der Waals surface area contributed by atoms with Crippen LogP contribution in [0, 0.1) is 0 Å². The smallest absolute Gasteiger partial charge is 0.822 e. The Balaban J connectivity index is -0.0000000800. The van der Waals surface area contributed by atoms with E-state index in [1.54, 1.807) is 0 Å². The zero-order valence-corrected chi connectivity index (χ0v) is 6.28. The number of phosphoric acid groups is 1. The van der Waals surface area contributed by atoms with Crippen LogP contribution in [-0.2, 0) is 40.2 Å². The molecule has 0 unspecified atom stereocenters. The molecule has 7 heavy (non-hydrogen) atoms. The van der Waals surface area contributed by atoms with Crippen molar-refractivity contribution in [1.82, 2.24) is 0 Å². The van der Waals surface area contributed by atoms with Gasteiger partial charge in [-0.1, -0.05) is 0 Å². The summed E-state index contributed by atoms with van der Waals surface area (Å²) in [6, 6.07) is 0. The van der Waals surface area contributed by atoms with Crippen molar-refractivity contribution >= 4 is 7.82 Å². The molecular formula is FeO4PV. The molecule has 42 valence electrons. The normalized spacial score (nSPS) is 8.43. The zero-order chi connectivity index (χ0) is 4.50. The van der Waals surface area contributed by atoms with Crippen LogP contribution in [0.1, 0.15) is 0 Å². The summed E-state index contributed by atoms with van der Waals surface area (Å²) < 4.78 is 8.55. The molecule has 4 nitrogen and oxygen atoms in total. The quantitative estimate of drug-likeness (QED) is 0.312. The second-order valence-electron chi connectivity index (χ2n) is 0.447. The minimum atomic E-state index is -5.39. The van der Waals surface area contributed by atoms with Gasteiger partial charge in [0.05, 0.1) is 0 Å². The van der Waals surface area contributed by atoms with Crippen LogP contribution in [0.5, 0.6) is 0 Å². The third-order valence-corrected chi connectivity index (χ3v) is 0. The molecule has 0 aliphatic carbocycles. The molecule has 0 saturated heterocycles. The average molecular weight is 202 g/mol. The SMILES string of the molecule is O=P([O-])([O-])[O-].[Fe].[V+3]. The van der Waals surface area contributed by atoms with Crippen molar-refractivity contribution in [1.29, 1.82) is 0 Å². The van der Waals surface area contributed by atoms with Gasteiger partial charge in [0.1, 0.15) is 0 Å². The molecule has 0 amide bonds. The van der Waals surface area contributed by atoms with E-state index in [0.29, 0.717) is 0 Å². The van der Waals surface area contributed by atoms with E-state index in [-0.39, 0.29) is 35.6 Å². The second-order valence-corrected chi connectivity index (χ2v) is 1.34. The summed E-state index contributed by atoms with van der Waals surface area (Å²) in [6.45, 7) is 0. The van der Waals surface area contributed by atoms with Crippen LogP contribution in [0.2, 0.25) is 0 Å². The van der Waals surface area contributed by atoms with E-state index in [4.69, 9.17) is 19.2 Å². The van der Waals surface area contributed by atoms with Gasteiger partial charge < -0.3 is 19.2 Å². The summed E-state index contributed by atoms with van der Waals surface area (Å²) in [7, 11) is -5.39. The van der Waals surface area contributed by atoms with Gasteiger partial charge in [-0.3, -0.25) is 0 Å². The topological polar surface area (TPSA) is 86.2 Å². The first-order valence-corrected chi connectivity index (χ1v) is 2.19. The molecule has 0 saturated carbocycles. The fourth-order valence-electron chi connectivity index (χ4n) is 0. The van der Waals surface area contributed by atoms with Crippen LogP contribution < -0.4 is 14.7 Å². The van der Waals surface area contributed by atoms with E-state index in [0.717, 1.165) is 0 Å². The summed E-state index contributed by atoms with van der Waals surface area (Å²) in [5.74, 6) is 0. The van der Waals surface area contributed by atoms with Crippen molar-refractivity contribution in [2.45, 2.75) is 0 Å². The Morgan fingerprint density at radius 2 is 1.14 bits per heavy atom. The van der Waals surface area contributed by atoms with Crippen molar-refractivity contribution < 1.29 is 54.9 Å². The predicted molar refractivity (Wildman–Crippen MR) is 7.61 cm³/mol. The molecule has 0 fully saturated rings. The maximum absolute atomic E-state index is 8.55. The number of rotatable bonds is 0. The third kappa shape index (κ3) is 133. The first-order valence-electron chi connectivity index (χ1n) is 0.730. The van der Waals surface area contributed by atoms with Gasteiger partial charge in [0.25, 0.3) is 0 Å². The molecule has 0 atom stereocenters. The Hall–Kier alpha value is 1.21. The average Bonchev–Trinajstić information content (AvgIpc) is 0.722. The van der Waals surface area contributed by atoms with Crippen LogP contribution in [0.25, 0.3) is 0 Å². The van der Waals surface area contributed by atoms with E-state index in [2.05, 4.69) is 0 Å². The Labute approximate surface area is 62.9 Å². The standard InChI is InChI=1S/Fe.H3O4P.V/c;1-5(2,3)4;/h;(H3,1,2,3,4);/q;;+3/p-3. The Morgan fingerprint density at radius 1 is 1.14 bits per heavy atom. The summed E-state index contributed by atoms with van der Waals surface area (Å²) in [5, 5.41) is 0. The molecule has 0 aliphatic heterocycles. The molecule has 0 bridgehead atoms. The molecular weight excluding hydrogens is 202 g/mol. The molecule has 0 aromatic carbocycles. The Kier molecular flexibility index (Phi) is 12.0. The van der Waals surface area contributed by atoms with Gasteiger partial charge in [0.15, 0.2) is 0 Å². The minimum Gasteiger partial charge on any atom is -0.822 e. The molecule has 0 aromatic rings. The fraction of sp³-hybridized carbons (Fsp3) is 0. The largest absolute Gasteiger partial charge is 3.00 e. The zero-order valence-electron chi connectivity index (χ0n) is 2.88. The summed E-state index contributed by atoms with van der Waals surface area (Å²) in [5.41, 5.74) is 0. The van der Waals surface area contributed by atoms with Crippen molar-refractivity contribution in [2.24, 2.45) is 0 Å². The van der Waals surface area contributed by atoms with Gasteiger partial charge in [0.2, 0.25) is 0 Å². The maximum Gasteiger partial charge on any atom is 3.00 e. The van der Waals surface area contributed by atoms with E-state index >= 15 is 0 Å². The Bertz CT molecular complexity index is 57.8. The monoisotopic (exact) mass is 202 g/mol. The minimum absolute atomic E-state index is 0. The molecule has 0 N–H and O–H groups in total. The first-order chi connectivity index (χ1) is 2.00. The summed E-state index contributed by atoms with van der Waals surface area (Å²) in [6.07, 6.45) is 0. The molecule has 0 rings (SSSR count). The fourth-order valence-corrected chi connectivity index (χ4v) is 0. The van der Waals surface area contributed by atoms with Gasteiger partial charge >= 0.3 is 18.6 Å². The van der Waals surface area contributed by atoms with E-state index in [1.165, 1.54) is 0 Å². The molecule has 0 spiro atoms. The third-order valence-electron chi connectivity index (χ3n) is 0. The van der Waals surface area contributed by atoms with E-state index in [9.17, 15) is 0 Å². The van der Waals surface area contributed by atoms with Gasteiger partial charge in [-0.15, -0.1) is 0 Å². The summed E-state index contributed by atoms with van der Waals surface area (Å²) in [4.78, 5) is 25.6. The molecule has 7 heteroatoms. The van der Waals surface area contributed by atoms with Gasteiger partial charge in [0, 0.05) is 17.1 Å². The van der Waals surface area contributed by atoms with Crippen LogP contribution in [0.4, 0.5) is 0 Å². The van der Waals surface area contributed by atoms with Gasteiger partial charge in [-0.25, -0.2) is 0 Å². The second kappa shape index (κ2) is 5.35. The van der Waals surface area contributed by atoms with Crippen molar-refractivity contribution in [2.75, 3.05) is 0 Å². The Morgan fingerprint density at radius 3 is 1.14 bits per heavy atom. The molecule has 0 heterocycles. The van der Waals surface area contributed by atoms with Crippen LogP contribution >= 0.6 is 7.82 Å². The van der Waals surface area contributed by atoms with Crippen LogP contribution in [0.15, 0.2) is 0 Å².